The highest BCUT2D eigenvalue weighted by Crippen LogP contribution is 2.34. The predicted molar refractivity (Wildman–Crippen MR) is 157 cm³/mol. The van der Waals surface area contributed by atoms with Crippen molar-refractivity contribution in [2.24, 2.45) is 0 Å². The number of nitrogens with one attached hydrogen (secondary N) is 2. The van der Waals surface area contributed by atoms with Crippen molar-refractivity contribution in [3.05, 3.63) is 0 Å². The first kappa shape index (κ1) is 41.9. The lowest BCUT2D eigenvalue weighted by Crippen LogP contribution is -2.70. The molecule has 51 heavy (non-hydrogen) atoms. The van der Waals surface area contributed by atoms with E-state index in [9.17, 15) is 70.9 Å². The summed E-state index contributed by atoms with van der Waals surface area (Å²) in [5, 5.41) is 129. The lowest BCUT2D eigenvalue weighted by Gasteiger charge is -2.50. The fraction of sp³-hybridized carbons (Fsp3) is 0.929. The van der Waals surface area contributed by atoms with E-state index in [1.165, 1.54) is 0 Å². The van der Waals surface area contributed by atoms with Crippen LogP contribution in [-0.4, -0.2) is 222 Å². The molecule has 0 aromatic heterocycles. The zero-order chi connectivity index (χ0) is 37.9. The van der Waals surface area contributed by atoms with Crippen molar-refractivity contribution >= 4 is 11.8 Å². The molecule has 14 N–H and O–H groups in total. The smallest absolute Gasteiger partial charge is 0.217 e. The van der Waals surface area contributed by atoms with Gasteiger partial charge in [-0.1, -0.05) is 0 Å². The van der Waals surface area contributed by atoms with Crippen molar-refractivity contribution in [2.75, 3.05) is 26.4 Å². The van der Waals surface area contributed by atoms with E-state index in [-0.39, 0.29) is 0 Å². The van der Waals surface area contributed by atoms with E-state index in [1.54, 1.807) is 0 Å². The number of hydrogen-bond donors (Lipinski definition) is 14. The van der Waals surface area contributed by atoms with Crippen LogP contribution in [0, 0.1) is 0 Å². The number of ether oxygens (including phenoxy) is 7. The summed E-state index contributed by atoms with van der Waals surface area (Å²) in [5.41, 5.74) is 0. The maximum Gasteiger partial charge on any atom is 0.217 e. The molecular weight excluding hydrogens is 700 g/mol. The van der Waals surface area contributed by atoms with Crippen LogP contribution in [0.2, 0.25) is 0 Å². The molecule has 0 unspecified atom stereocenters. The predicted octanol–water partition coefficient (Wildman–Crippen LogP) is -9.46. The number of aliphatic hydroxyl groups excluding tert-OH is 12. The summed E-state index contributed by atoms with van der Waals surface area (Å²) in [7, 11) is 0. The Hall–Kier alpha value is -1.82. The molecule has 0 aliphatic carbocycles. The van der Waals surface area contributed by atoms with Gasteiger partial charge in [-0.05, 0) is 0 Å². The normalized spacial score (nSPS) is 47.8. The fourth-order valence-electron chi connectivity index (χ4n) is 6.36. The maximum atomic E-state index is 12.2. The summed E-state index contributed by atoms with van der Waals surface area (Å²) < 4.78 is 39.1. The Balaban J connectivity index is 1.52. The van der Waals surface area contributed by atoms with E-state index in [1.807, 2.05) is 0 Å². The largest absolute Gasteiger partial charge is 0.394 e. The third kappa shape index (κ3) is 9.11. The highest BCUT2D eigenvalue weighted by Gasteiger charge is 2.55. The Labute approximate surface area is 289 Å². The first-order chi connectivity index (χ1) is 24.1. The molecule has 4 rings (SSSR count). The summed E-state index contributed by atoms with van der Waals surface area (Å²) in [6.45, 7) is -1.25. The Kier molecular flexibility index (Phi) is 14.8. The summed E-state index contributed by atoms with van der Waals surface area (Å²) in [4.78, 5) is 23.9. The molecule has 0 spiro atoms. The standard InChI is InChI=1S/C28H48N2O21/c1-7(35)29-13-16(38)22(10(4-32)45-25(13)44)49-26-14(30-8(2)36)17(39)23(11(5-33)47-26)50-28-21(43)19(41)24(12(6-34)48-28)51-27-20(42)18(40)15(37)9(3-31)46-27/h9-28,31-34,37-44H,3-6H2,1-2H3,(H,29,35)(H,30,36)/t9-,10-,11-,12-,13-,14-,15-,16-,17-,18+,19-,20+,21+,22-,23-,24-,25-,26-,27-,28-/m1/s1. The summed E-state index contributed by atoms with van der Waals surface area (Å²) >= 11 is 0. The van der Waals surface area contributed by atoms with E-state index in [4.69, 9.17) is 33.2 Å². The second-order valence-electron chi connectivity index (χ2n) is 12.6. The van der Waals surface area contributed by atoms with E-state index < -0.39 is 161 Å². The van der Waals surface area contributed by atoms with Gasteiger partial charge in [0.1, 0.15) is 97.5 Å². The van der Waals surface area contributed by atoms with Gasteiger partial charge in [-0.25, -0.2) is 0 Å². The molecule has 4 aliphatic heterocycles. The van der Waals surface area contributed by atoms with Gasteiger partial charge < -0.3 is 105 Å². The summed E-state index contributed by atoms with van der Waals surface area (Å²) in [6.07, 6.45) is -31.1. The Morgan fingerprint density at radius 2 is 0.843 bits per heavy atom. The van der Waals surface area contributed by atoms with Gasteiger partial charge in [0.15, 0.2) is 25.2 Å². The van der Waals surface area contributed by atoms with Crippen LogP contribution in [-0.2, 0) is 42.7 Å². The molecule has 0 aromatic carbocycles. The second-order valence-corrected chi connectivity index (χ2v) is 12.6. The van der Waals surface area contributed by atoms with Crippen molar-refractivity contribution in [1.29, 1.82) is 0 Å². The van der Waals surface area contributed by atoms with Crippen LogP contribution in [0.15, 0.2) is 0 Å². The number of amides is 2. The van der Waals surface area contributed by atoms with Gasteiger partial charge in [0.05, 0.1) is 26.4 Å². The number of aliphatic hydroxyl groups is 12. The quantitative estimate of drug-likeness (QED) is 0.0881. The lowest BCUT2D eigenvalue weighted by atomic mass is 9.94. The molecule has 0 bridgehead atoms. The number of hydrogen-bond acceptors (Lipinski definition) is 21. The highest BCUT2D eigenvalue weighted by molar-refractivity contribution is 5.73. The minimum Gasteiger partial charge on any atom is -0.394 e. The van der Waals surface area contributed by atoms with Crippen LogP contribution >= 0.6 is 0 Å². The lowest BCUT2D eigenvalue weighted by molar-refractivity contribution is -0.378. The van der Waals surface area contributed by atoms with Crippen molar-refractivity contribution in [3.63, 3.8) is 0 Å². The molecule has 23 nitrogen and oxygen atoms in total. The summed E-state index contributed by atoms with van der Waals surface area (Å²) in [6, 6.07) is -3.02. The van der Waals surface area contributed by atoms with Crippen LogP contribution in [0.25, 0.3) is 0 Å². The molecule has 0 saturated carbocycles. The van der Waals surface area contributed by atoms with Gasteiger partial charge in [0.2, 0.25) is 11.8 Å². The molecule has 296 valence electrons. The van der Waals surface area contributed by atoms with Crippen LogP contribution in [0.3, 0.4) is 0 Å². The first-order valence-electron chi connectivity index (χ1n) is 16.1. The molecular formula is C28H48N2O21. The van der Waals surface area contributed by atoms with Crippen molar-refractivity contribution in [2.45, 2.75) is 137 Å². The topological polar surface area (TPSA) is 366 Å². The Morgan fingerprint density at radius 3 is 1.33 bits per heavy atom. The van der Waals surface area contributed by atoms with Crippen LogP contribution in [0.1, 0.15) is 13.8 Å². The molecule has 0 radical (unpaired) electrons. The van der Waals surface area contributed by atoms with Gasteiger partial charge in [0.25, 0.3) is 0 Å². The molecule has 4 heterocycles. The highest BCUT2D eigenvalue weighted by atomic mass is 16.8. The van der Waals surface area contributed by atoms with Gasteiger partial charge in [-0.15, -0.1) is 0 Å². The number of carbonyl (C=O) groups excluding carboxylic acids is 2. The third-order valence-corrected chi connectivity index (χ3v) is 9.01. The van der Waals surface area contributed by atoms with Gasteiger partial charge in [-0.2, -0.15) is 0 Å². The van der Waals surface area contributed by atoms with E-state index in [2.05, 4.69) is 10.6 Å². The van der Waals surface area contributed by atoms with Gasteiger partial charge in [-0.3, -0.25) is 9.59 Å². The molecule has 23 heteroatoms. The molecule has 0 aromatic rings. The van der Waals surface area contributed by atoms with E-state index in [0.717, 1.165) is 13.8 Å². The van der Waals surface area contributed by atoms with Gasteiger partial charge in [0, 0.05) is 13.8 Å². The Bertz CT molecular complexity index is 1140. The second kappa shape index (κ2) is 18.0. The van der Waals surface area contributed by atoms with Crippen molar-refractivity contribution in [3.8, 4) is 0 Å². The Morgan fingerprint density at radius 1 is 0.471 bits per heavy atom. The number of rotatable bonds is 12. The third-order valence-electron chi connectivity index (χ3n) is 9.01. The zero-order valence-corrected chi connectivity index (χ0v) is 27.4. The SMILES string of the molecule is CC(=O)N[C@@H]1[C@@H](O)[C@H](O[C@H]2O[C@H](CO)[C@@H](O[C@H]3O[C@H](CO)[C@@H](O[C@H]4O[C@H](CO)[C@@H](O)[C@H](O)[C@@H]4O)[C@H](O)[C@@H]3O)[C@H](O)[C@H]2NC(C)=O)[C@@H](CO)O[C@H]1O. The summed E-state index contributed by atoms with van der Waals surface area (Å²) in [5.74, 6) is -1.39. The average molecular weight is 749 g/mol. The fourth-order valence-corrected chi connectivity index (χ4v) is 6.36. The van der Waals surface area contributed by atoms with Crippen molar-refractivity contribution < 1.29 is 104 Å². The average Bonchev–Trinajstić information content (AvgIpc) is 3.09. The molecule has 2 amide bonds. The molecule has 4 aliphatic rings. The first-order valence-corrected chi connectivity index (χ1v) is 16.1. The number of carbonyl (C=O) groups is 2. The van der Waals surface area contributed by atoms with E-state index >= 15 is 0 Å². The maximum absolute atomic E-state index is 12.2. The zero-order valence-electron chi connectivity index (χ0n) is 27.4. The van der Waals surface area contributed by atoms with Crippen LogP contribution in [0.4, 0.5) is 0 Å². The van der Waals surface area contributed by atoms with Gasteiger partial charge >= 0.3 is 0 Å². The van der Waals surface area contributed by atoms with Crippen LogP contribution in [0.5, 0.6) is 0 Å². The minimum atomic E-state index is -2.04. The van der Waals surface area contributed by atoms with Crippen LogP contribution < -0.4 is 10.6 Å². The van der Waals surface area contributed by atoms with E-state index in [0.29, 0.717) is 0 Å². The molecule has 20 atom stereocenters. The minimum absolute atomic E-state index is 0.656. The molecule has 4 fully saturated rings. The monoisotopic (exact) mass is 748 g/mol. The van der Waals surface area contributed by atoms with Crippen molar-refractivity contribution in [1.82, 2.24) is 10.6 Å². The molecule has 4 saturated heterocycles.